The van der Waals surface area contributed by atoms with Gasteiger partial charge in [0.2, 0.25) is 10.0 Å². The van der Waals surface area contributed by atoms with Crippen molar-refractivity contribution >= 4 is 27.6 Å². The van der Waals surface area contributed by atoms with Gasteiger partial charge in [-0.15, -0.1) is 0 Å². The molecule has 0 bridgehead atoms. The van der Waals surface area contributed by atoms with Crippen molar-refractivity contribution in [2.75, 3.05) is 6.54 Å². The summed E-state index contributed by atoms with van der Waals surface area (Å²) in [7, 11) is -3.51. The Morgan fingerprint density at radius 1 is 1.00 bits per heavy atom. The molecule has 0 aromatic heterocycles. The van der Waals surface area contributed by atoms with Gasteiger partial charge in [-0.3, -0.25) is 0 Å². The third kappa shape index (κ3) is 5.33. The first-order valence-corrected chi connectivity index (χ1v) is 9.32. The summed E-state index contributed by atoms with van der Waals surface area (Å²) in [5, 5.41) is 9.32. The van der Waals surface area contributed by atoms with Crippen molar-refractivity contribution in [3.05, 3.63) is 64.7 Å². The fraction of sp³-hybridized carbons (Fsp3) is 0.235. The van der Waals surface area contributed by atoms with E-state index in [1.807, 2.05) is 0 Å². The van der Waals surface area contributed by atoms with Crippen molar-refractivity contribution in [3.8, 4) is 0 Å². The average molecular weight is 368 g/mol. The molecule has 0 saturated carbocycles. The molecular formula is C17H18ClNO4S. The first-order chi connectivity index (χ1) is 11.4. The third-order valence-corrected chi connectivity index (χ3v) is 5.24. The summed E-state index contributed by atoms with van der Waals surface area (Å²) < 4.78 is 26.7. The number of unbranched alkanes of at least 4 members (excludes halogenated alkanes) is 1. The number of halogens is 1. The number of aromatic carboxylic acids is 1. The Hall–Kier alpha value is -1.89. The zero-order valence-electron chi connectivity index (χ0n) is 12.9. The first kappa shape index (κ1) is 18.4. The number of benzene rings is 2. The molecule has 0 aliphatic carbocycles. The zero-order valence-corrected chi connectivity index (χ0v) is 14.5. The van der Waals surface area contributed by atoms with Crippen LogP contribution in [0.4, 0.5) is 0 Å². The Labute approximate surface area is 146 Å². The van der Waals surface area contributed by atoms with E-state index in [1.165, 1.54) is 24.3 Å². The van der Waals surface area contributed by atoms with Gasteiger partial charge in [0.25, 0.3) is 0 Å². The lowest BCUT2D eigenvalue weighted by atomic mass is 10.1. The predicted molar refractivity (Wildman–Crippen MR) is 93.0 cm³/mol. The van der Waals surface area contributed by atoms with Crippen molar-refractivity contribution in [1.82, 2.24) is 4.72 Å². The van der Waals surface area contributed by atoms with E-state index < -0.39 is 16.0 Å². The van der Waals surface area contributed by atoms with Gasteiger partial charge < -0.3 is 5.11 Å². The van der Waals surface area contributed by atoms with Gasteiger partial charge in [0.15, 0.2) is 0 Å². The second-order valence-electron chi connectivity index (χ2n) is 5.31. The Bertz CT molecular complexity index is 786. The maximum absolute atomic E-state index is 12.1. The van der Waals surface area contributed by atoms with Crippen LogP contribution in [0.25, 0.3) is 0 Å². The van der Waals surface area contributed by atoms with Gasteiger partial charge in [-0.1, -0.05) is 23.7 Å². The topological polar surface area (TPSA) is 83.5 Å². The molecule has 2 N–H and O–H groups in total. The van der Waals surface area contributed by atoms with Gasteiger partial charge in [0.1, 0.15) is 0 Å². The van der Waals surface area contributed by atoms with Gasteiger partial charge in [-0.05, 0) is 61.2 Å². The SMILES string of the molecule is O=C(O)c1ccc(CCCCNS(=O)(=O)c2ccc(Cl)cc2)cc1. The van der Waals surface area contributed by atoms with Crippen LogP contribution in [0.15, 0.2) is 53.4 Å². The molecule has 0 aliphatic rings. The fourth-order valence-corrected chi connectivity index (χ4v) is 3.37. The number of aryl methyl sites for hydroxylation is 1. The maximum atomic E-state index is 12.1. The Morgan fingerprint density at radius 2 is 1.62 bits per heavy atom. The van der Waals surface area contributed by atoms with Crippen LogP contribution in [-0.4, -0.2) is 26.0 Å². The van der Waals surface area contributed by atoms with Crippen molar-refractivity contribution in [3.63, 3.8) is 0 Å². The minimum atomic E-state index is -3.51. The summed E-state index contributed by atoms with van der Waals surface area (Å²) in [6, 6.07) is 12.7. The van der Waals surface area contributed by atoms with Crippen LogP contribution in [0.3, 0.4) is 0 Å². The van der Waals surface area contributed by atoms with Crippen molar-refractivity contribution in [2.45, 2.75) is 24.2 Å². The van der Waals surface area contributed by atoms with E-state index in [-0.39, 0.29) is 10.5 Å². The molecule has 24 heavy (non-hydrogen) atoms. The van der Waals surface area contributed by atoms with E-state index in [9.17, 15) is 13.2 Å². The fourth-order valence-electron chi connectivity index (χ4n) is 2.17. The summed E-state index contributed by atoms with van der Waals surface area (Å²) in [6.07, 6.45) is 2.26. The van der Waals surface area contributed by atoms with E-state index in [0.717, 1.165) is 18.4 Å². The Balaban J connectivity index is 1.76. The van der Waals surface area contributed by atoms with E-state index in [1.54, 1.807) is 24.3 Å². The molecule has 0 heterocycles. The molecule has 2 aromatic carbocycles. The van der Waals surface area contributed by atoms with Crippen LogP contribution < -0.4 is 4.72 Å². The first-order valence-electron chi connectivity index (χ1n) is 7.46. The van der Waals surface area contributed by atoms with Crippen LogP contribution in [-0.2, 0) is 16.4 Å². The second kappa shape index (κ2) is 8.28. The smallest absolute Gasteiger partial charge is 0.335 e. The molecule has 0 spiro atoms. The number of hydrogen-bond donors (Lipinski definition) is 2. The minimum absolute atomic E-state index is 0.191. The lowest BCUT2D eigenvalue weighted by molar-refractivity contribution is 0.0697. The summed E-state index contributed by atoms with van der Waals surface area (Å²) in [4.78, 5) is 11.0. The number of hydrogen-bond acceptors (Lipinski definition) is 3. The quantitative estimate of drug-likeness (QED) is 0.701. The molecule has 5 nitrogen and oxygen atoms in total. The van der Waals surface area contributed by atoms with Gasteiger partial charge in [0.05, 0.1) is 10.5 Å². The van der Waals surface area contributed by atoms with Crippen LogP contribution in [0.5, 0.6) is 0 Å². The second-order valence-corrected chi connectivity index (χ2v) is 7.51. The van der Waals surface area contributed by atoms with Crippen LogP contribution in [0.1, 0.15) is 28.8 Å². The minimum Gasteiger partial charge on any atom is -0.478 e. The molecule has 2 rings (SSSR count). The van der Waals surface area contributed by atoms with Crippen molar-refractivity contribution < 1.29 is 18.3 Å². The summed E-state index contributed by atoms with van der Waals surface area (Å²) in [5.41, 5.74) is 1.29. The molecule has 0 amide bonds. The summed E-state index contributed by atoms with van der Waals surface area (Å²) >= 11 is 5.74. The largest absolute Gasteiger partial charge is 0.478 e. The molecule has 0 atom stereocenters. The number of carbonyl (C=O) groups is 1. The highest BCUT2D eigenvalue weighted by Gasteiger charge is 2.12. The number of rotatable bonds is 8. The highest BCUT2D eigenvalue weighted by atomic mass is 35.5. The summed E-state index contributed by atoms with van der Waals surface area (Å²) in [6.45, 7) is 0.345. The van der Waals surface area contributed by atoms with Crippen LogP contribution in [0, 0.1) is 0 Å². The number of sulfonamides is 1. The van der Waals surface area contributed by atoms with E-state index in [2.05, 4.69) is 4.72 Å². The van der Waals surface area contributed by atoms with E-state index in [0.29, 0.717) is 18.0 Å². The number of nitrogens with one attached hydrogen (secondary N) is 1. The van der Waals surface area contributed by atoms with E-state index >= 15 is 0 Å². The Kier molecular flexibility index (Phi) is 6.36. The van der Waals surface area contributed by atoms with Gasteiger partial charge in [-0.25, -0.2) is 17.9 Å². The molecule has 0 radical (unpaired) electrons. The summed E-state index contributed by atoms with van der Waals surface area (Å²) in [5.74, 6) is -0.946. The molecule has 0 aliphatic heterocycles. The maximum Gasteiger partial charge on any atom is 0.335 e. The highest BCUT2D eigenvalue weighted by Crippen LogP contribution is 2.14. The molecule has 2 aromatic rings. The zero-order chi connectivity index (χ0) is 17.6. The number of carboxylic acids is 1. The lowest BCUT2D eigenvalue weighted by Gasteiger charge is -2.07. The molecule has 0 fully saturated rings. The van der Waals surface area contributed by atoms with Crippen molar-refractivity contribution in [1.29, 1.82) is 0 Å². The third-order valence-electron chi connectivity index (χ3n) is 3.51. The standard InChI is InChI=1S/C17H18ClNO4S/c18-15-8-10-16(11-9-15)24(22,23)19-12-2-1-3-13-4-6-14(7-5-13)17(20)21/h4-11,19H,1-3,12H2,(H,20,21). The monoisotopic (exact) mass is 367 g/mol. The van der Waals surface area contributed by atoms with Gasteiger partial charge >= 0.3 is 5.97 Å². The predicted octanol–water partition coefficient (Wildman–Crippen LogP) is 3.34. The molecule has 128 valence electrons. The Morgan fingerprint density at radius 3 is 2.21 bits per heavy atom. The van der Waals surface area contributed by atoms with Gasteiger partial charge in [0, 0.05) is 11.6 Å². The average Bonchev–Trinajstić information content (AvgIpc) is 2.55. The lowest BCUT2D eigenvalue weighted by Crippen LogP contribution is -2.24. The van der Waals surface area contributed by atoms with Crippen molar-refractivity contribution in [2.24, 2.45) is 0 Å². The molecular weight excluding hydrogens is 350 g/mol. The van der Waals surface area contributed by atoms with Gasteiger partial charge in [-0.2, -0.15) is 0 Å². The normalized spacial score (nSPS) is 11.4. The van der Waals surface area contributed by atoms with Crippen LogP contribution >= 0.6 is 11.6 Å². The van der Waals surface area contributed by atoms with E-state index in [4.69, 9.17) is 16.7 Å². The number of carboxylic acid groups (broad SMARTS) is 1. The molecule has 7 heteroatoms. The molecule has 0 unspecified atom stereocenters. The molecule has 0 saturated heterocycles. The highest BCUT2D eigenvalue weighted by molar-refractivity contribution is 7.89. The van der Waals surface area contributed by atoms with Crippen LogP contribution in [0.2, 0.25) is 5.02 Å².